The van der Waals surface area contributed by atoms with Crippen molar-refractivity contribution in [2.45, 2.75) is 40.5 Å². The van der Waals surface area contributed by atoms with Crippen molar-refractivity contribution < 1.29 is 32.8 Å². The van der Waals surface area contributed by atoms with Gasteiger partial charge in [-0.05, 0) is 19.8 Å². The molecule has 0 aliphatic rings. The van der Waals surface area contributed by atoms with Crippen LogP contribution < -0.4 is 0 Å². The highest BCUT2D eigenvalue weighted by atomic mass is 31.3. The first-order chi connectivity index (χ1) is 8.60. The Bertz CT molecular complexity index is 319. The first-order valence-corrected chi connectivity index (χ1v) is 9.61. The topological polar surface area (TPSA) is 110 Å². The van der Waals surface area contributed by atoms with Gasteiger partial charge in [-0.25, -0.2) is 4.31 Å². The van der Waals surface area contributed by atoms with Crippen LogP contribution in [0.4, 0.5) is 0 Å². The fraction of sp³-hybridized carbons (Fsp3) is 0.900. The van der Waals surface area contributed by atoms with E-state index in [0.717, 1.165) is 0 Å². The molecule has 0 aromatic heterocycles. The van der Waals surface area contributed by atoms with Crippen molar-refractivity contribution in [2.24, 2.45) is 0 Å². The molecule has 9 heteroatoms. The molecule has 2 unspecified atom stereocenters. The molecule has 0 radical (unpaired) electrons. The van der Waals surface area contributed by atoms with E-state index in [0.29, 0.717) is 19.4 Å². The molecule has 0 aliphatic heterocycles. The number of hydrogen-bond acceptors (Lipinski definition) is 5. The molecule has 7 nitrogen and oxygen atoms in total. The van der Waals surface area contributed by atoms with Crippen LogP contribution in [0.2, 0.25) is 0 Å². The lowest BCUT2D eigenvalue weighted by molar-refractivity contribution is -0.140. The van der Waals surface area contributed by atoms with Gasteiger partial charge in [-0.15, -0.1) is 0 Å². The van der Waals surface area contributed by atoms with Gasteiger partial charge in [0.05, 0.1) is 18.9 Å². The van der Waals surface area contributed by atoms with Crippen LogP contribution in [0.25, 0.3) is 0 Å². The van der Waals surface area contributed by atoms with Gasteiger partial charge in [0.1, 0.15) is 0 Å². The number of esters is 1. The maximum Gasteiger partial charge on any atom is 0.335 e. The molecule has 0 rings (SSSR count). The summed E-state index contributed by atoms with van der Waals surface area (Å²) in [5.41, 5.74) is 0. The summed E-state index contributed by atoms with van der Waals surface area (Å²) in [6.07, 6.45) is 0.725. The number of ether oxygens (including phenoxy) is 1. The van der Waals surface area contributed by atoms with Crippen LogP contribution in [0.15, 0.2) is 0 Å². The molecular formula is C10H24O7P2. The molecule has 2 atom stereocenters. The molecule has 0 saturated heterocycles. The second kappa shape index (κ2) is 10.6. The van der Waals surface area contributed by atoms with E-state index in [1.807, 2.05) is 0 Å². The minimum absolute atomic E-state index is 0.0821. The Morgan fingerprint density at radius 1 is 1.00 bits per heavy atom. The highest BCUT2D eigenvalue weighted by Gasteiger charge is 2.30. The molecule has 0 aliphatic carbocycles. The Balaban J connectivity index is 0. The summed E-state index contributed by atoms with van der Waals surface area (Å²) < 4.78 is 30.9. The average Bonchev–Trinajstić information content (AvgIpc) is 2.15. The van der Waals surface area contributed by atoms with Crippen LogP contribution in [-0.2, 0) is 23.0 Å². The number of carbonyl (C=O) groups excluding carboxylic acids is 1. The van der Waals surface area contributed by atoms with E-state index in [9.17, 15) is 13.9 Å². The van der Waals surface area contributed by atoms with Gasteiger partial charge in [-0.1, -0.05) is 13.8 Å². The Morgan fingerprint density at radius 3 is 1.53 bits per heavy atom. The summed E-state index contributed by atoms with van der Waals surface area (Å²) in [6, 6.07) is 0. The third-order valence-electron chi connectivity index (χ3n) is 1.62. The fourth-order valence-corrected chi connectivity index (χ4v) is 4.43. The van der Waals surface area contributed by atoms with Crippen LogP contribution in [0, 0.1) is 0 Å². The minimum atomic E-state index is -3.86. The quantitative estimate of drug-likeness (QED) is 0.548. The largest absolute Gasteiger partial charge is 0.466 e. The third kappa shape index (κ3) is 15.8. The molecule has 2 N–H and O–H groups in total. The van der Waals surface area contributed by atoms with Crippen molar-refractivity contribution in [2.75, 3.05) is 18.9 Å². The summed E-state index contributed by atoms with van der Waals surface area (Å²) >= 11 is 0. The maximum atomic E-state index is 11.1. The van der Waals surface area contributed by atoms with Gasteiger partial charge in [-0.2, -0.15) is 0 Å². The average molecular weight is 318 g/mol. The van der Waals surface area contributed by atoms with E-state index in [-0.39, 0.29) is 18.3 Å². The van der Waals surface area contributed by atoms with Crippen LogP contribution in [0.5, 0.6) is 0 Å². The van der Waals surface area contributed by atoms with Gasteiger partial charge < -0.3 is 14.5 Å². The van der Waals surface area contributed by atoms with E-state index in [1.54, 1.807) is 20.8 Å². The lowest BCUT2D eigenvalue weighted by atomic mass is 10.6. The van der Waals surface area contributed by atoms with E-state index in [1.165, 1.54) is 6.92 Å². The van der Waals surface area contributed by atoms with Crippen molar-refractivity contribution in [3.8, 4) is 0 Å². The fourth-order valence-electron chi connectivity index (χ4n) is 1.05. The Labute approximate surface area is 114 Å². The Hall–Kier alpha value is -0.190. The summed E-state index contributed by atoms with van der Waals surface area (Å²) in [4.78, 5) is 28.0. The summed E-state index contributed by atoms with van der Waals surface area (Å²) in [5, 5.41) is 0. The van der Waals surface area contributed by atoms with Gasteiger partial charge in [-0.3, -0.25) is 13.9 Å². The van der Waals surface area contributed by atoms with E-state index in [4.69, 9.17) is 9.79 Å². The van der Waals surface area contributed by atoms with Crippen LogP contribution in [0.3, 0.4) is 0 Å². The molecule has 0 fully saturated rings. The van der Waals surface area contributed by atoms with Crippen LogP contribution in [0.1, 0.15) is 40.5 Å². The van der Waals surface area contributed by atoms with Crippen molar-refractivity contribution in [1.29, 1.82) is 0 Å². The van der Waals surface area contributed by atoms with Gasteiger partial charge >= 0.3 is 21.2 Å². The lowest BCUT2D eigenvalue weighted by Crippen LogP contribution is -1.95. The third-order valence-corrected chi connectivity index (χ3v) is 5.68. The second-order valence-electron chi connectivity index (χ2n) is 3.73. The molecule has 116 valence electrons. The number of carbonyl (C=O) groups is 1. The maximum absolute atomic E-state index is 11.1. The molecule has 0 heterocycles. The predicted molar refractivity (Wildman–Crippen MR) is 73.4 cm³/mol. The molecular weight excluding hydrogens is 294 g/mol. The summed E-state index contributed by atoms with van der Waals surface area (Å²) in [7, 11) is -7.71. The van der Waals surface area contributed by atoms with Gasteiger partial charge in [0, 0.05) is 6.92 Å². The van der Waals surface area contributed by atoms with Crippen molar-refractivity contribution >= 4 is 21.2 Å². The highest BCUT2D eigenvalue weighted by Crippen LogP contribution is 2.59. The zero-order valence-corrected chi connectivity index (χ0v) is 13.7. The number of hydrogen-bond donors (Lipinski definition) is 2. The minimum Gasteiger partial charge on any atom is -0.466 e. The molecule has 19 heavy (non-hydrogen) atoms. The van der Waals surface area contributed by atoms with Gasteiger partial charge in [0.25, 0.3) is 0 Å². The number of rotatable bonds is 7. The normalized spacial score (nSPS) is 16.5. The standard InChI is InChI=1S/C6H16O5P2.C4H8O2/c1-3-5-12(7,8)11-13(9,10)6-4-2;1-3-6-4(2)5/h3-6H2,1-2H3,(H,7,8)(H,9,10);3H2,1-2H3. The lowest BCUT2D eigenvalue weighted by Gasteiger charge is -2.15. The van der Waals surface area contributed by atoms with Crippen molar-refractivity contribution in [3.63, 3.8) is 0 Å². The smallest absolute Gasteiger partial charge is 0.335 e. The van der Waals surface area contributed by atoms with Crippen LogP contribution >= 0.6 is 15.2 Å². The van der Waals surface area contributed by atoms with Gasteiger partial charge in [0.15, 0.2) is 0 Å². The second-order valence-corrected chi connectivity index (χ2v) is 7.83. The Morgan fingerprint density at radius 2 is 1.37 bits per heavy atom. The van der Waals surface area contributed by atoms with E-state index in [2.05, 4.69) is 9.05 Å². The molecule has 0 aromatic carbocycles. The van der Waals surface area contributed by atoms with Crippen molar-refractivity contribution in [3.05, 3.63) is 0 Å². The van der Waals surface area contributed by atoms with Gasteiger partial charge in [0.2, 0.25) is 0 Å². The highest BCUT2D eigenvalue weighted by molar-refractivity contribution is 7.66. The molecule has 0 saturated carbocycles. The molecule has 0 aromatic rings. The van der Waals surface area contributed by atoms with E-state index < -0.39 is 15.2 Å². The summed E-state index contributed by atoms with van der Waals surface area (Å²) in [5.74, 6) is -0.211. The first kappa shape index (κ1) is 21.1. The molecule has 0 spiro atoms. The Kier molecular flexibility index (Phi) is 11.8. The zero-order chi connectivity index (χ0) is 15.5. The molecule has 0 bridgehead atoms. The molecule has 0 amide bonds. The van der Waals surface area contributed by atoms with E-state index >= 15 is 0 Å². The first-order valence-electron chi connectivity index (χ1n) is 6.08. The monoisotopic (exact) mass is 318 g/mol. The van der Waals surface area contributed by atoms with Crippen LogP contribution in [-0.4, -0.2) is 34.7 Å². The SMILES string of the molecule is CCCP(=O)(O)OP(=O)(O)CCC.CCOC(C)=O. The zero-order valence-electron chi connectivity index (χ0n) is 11.9. The van der Waals surface area contributed by atoms with Crippen molar-refractivity contribution in [1.82, 2.24) is 0 Å². The summed E-state index contributed by atoms with van der Waals surface area (Å²) in [6.45, 7) is 7.06. The predicted octanol–water partition coefficient (Wildman–Crippen LogP) is 2.76.